The first-order valence-electron chi connectivity index (χ1n) is 8.55. The van der Waals surface area contributed by atoms with Crippen molar-refractivity contribution in [3.05, 3.63) is 46.8 Å². The normalized spacial score (nSPS) is 19.0. The number of phenols is 1. The van der Waals surface area contributed by atoms with Gasteiger partial charge in [0.15, 0.2) is 0 Å². The van der Waals surface area contributed by atoms with Gasteiger partial charge < -0.3 is 10.8 Å². The minimum atomic E-state index is -0.851. The van der Waals surface area contributed by atoms with Crippen LogP contribution in [0.1, 0.15) is 57.1 Å². The number of primary amides is 1. The van der Waals surface area contributed by atoms with Crippen LogP contribution >= 0.6 is 0 Å². The van der Waals surface area contributed by atoms with Crippen molar-refractivity contribution in [2.45, 2.75) is 51.4 Å². The van der Waals surface area contributed by atoms with E-state index in [9.17, 15) is 14.3 Å². The number of benzene rings is 1. The molecule has 4 heteroatoms. The first-order valence-corrected chi connectivity index (χ1v) is 8.55. The molecule has 0 atom stereocenters. The number of aromatic hydroxyl groups is 1. The highest BCUT2D eigenvalue weighted by Crippen LogP contribution is 2.47. The Labute approximate surface area is 142 Å². The molecule has 0 unspecified atom stereocenters. The SMILES string of the molecule is CC(C)(C(N)=O)c1ccc(O)c(C2=CCCC(F)=C2C2CCC2)c1. The van der Waals surface area contributed by atoms with Crippen molar-refractivity contribution in [3.63, 3.8) is 0 Å². The van der Waals surface area contributed by atoms with Crippen molar-refractivity contribution in [2.24, 2.45) is 11.7 Å². The van der Waals surface area contributed by atoms with Crippen LogP contribution in [0.5, 0.6) is 5.75 Å². The molecule has 1 fully saturated rings. The maximum absolute atomic E-state index is 14.5. The monoisotopic (exact) mass is 329 g/mol. The summed E-state index contributed by atoms with van der Waals surface area (Å²) in [6.45, 7) is 3.51. The highest BCUT2D eigenvalue weighted by molar-refractivity contribution is 5.88. The maximum Gasteiger partial charge on any atom is 0.227 e. The van der Waals surface area contributed by atoms with Gasteiger partial charge in [0.1, 0.15) is 11.6 Å². The highest BCUT2D eigenvalue weighted by atomic mass is 19.1. The fourth-order valence-corrected chi connectivity index (χ4v) is 3.41. The standard InChI is InChI=1S/C20H24FNO2/c1-20(2,19(22)24)13-9-10-17(23)15(11-13)14-7-4-8-16(21)18(14)12-5-3-6-12/h7,9-12,23H,3-6,8H2,1-2H3,(H2,22,24). The predicted molar refractivity (Wildman–Crippen MR) is 93.0 cm³/mol. The number of allylic oxidation sites excluding steroid dienone is 4. The van der Waals surface area contributed by atoms with Gasteiger partial charge in [0.05, 0.1) is 5.41 Å². The van der Waals surface area contributed by atoms with Gasteiger partial charge in [-0.15, -0.1) is 0 Å². The van der Waals surface area contributed by atoms with E-state index in [0.717, 1.165) is 36.0 Å². The summed E-state index contributed by atoms with van der Waals surface area (Å²) in [5, 5.41) is 10.4. The minimum Gasteiger partial charge on any atom is -0.507 e. The van der Waals surface area contributed by atoms with Gasteiger partial charge >= 0.3 is 0 Å². The Hall–Kier alpha value is -2.10. The molecule has 0 bridgehead atoms. The van der Waals surface area contributed by atoms with Crippen LogP contribution in [0.2, 0.25) is 0 Å². The number of hydrogen-bond acceptors (Lipinski definition) is 2. The second-order valence-electron chi connectivity index (χ2n) is 7.32. The number of hydrogen-bond donors (Lipinski definition) is 2. The van der Waals surface area contributed by atoms with Crippen molar-refractivity contribution in [1.29, 1.82) is 0 Å². The van der Waals surface area contributed by atoms with E-state index in [0.29, 0.717) is 18.4 Å². The Morgan fingerprint density at radius 2 is 2.04 bits per heavy atom. The van der Waals surface area contributed by atoms with E-state index in [1.807, 2.05) is 6.08 Å². The number of halogens is 1. The molecule has 3 nitrogen and oxygen atoms in total. The van der Waals surface area contributed by atoms with E-state index < -0.39 is 11.3 Å². The molecule has 1 aromatic rings. The van der Waals surface area contributed by atoms with Crippen LogP contribution in [0.4, 0.5) is 4.39 Å². The second-order valence-corrected chi connectivity index (χ2v) is 7.32. The van der Waals surface area contributed by atoms with Gasteiger partial charge in [-0.2, -0.15) is 0 Å². The van der Waals surface area contributed by atoms with Crippen molar-refractivity contribution < 1.29 is 14.3 Å². The zero-order chi connectivity index (χ0) is 17.5. The third kappa shape index (κ3) is 2.74. The number of carbonyl (C=O) groups is 1. The molecule has 2 aliphatic rings. The molecular weight excluding hydrogens is 305 g/mol. The highest BCUT2D eigenvalue weighted by Gasteiger charge is 2.32. The molecule has 128 valence electrons. The van der Waals surface area contributed by atoms with E-state index >= 15 is 0 Å². The van der Waals surface area contributed by atoms with Crippen LogP contribution in [-0.4, -0.2) is 11.0 Å². The van der Waals surface area contributed by atoms with Crippen molar-refractivity contribution in [1.82, 2.24) is 0 Å². The molecule has 3 rings (SSSR count). The first kappa shape index (κ1) is 16.7. The summed E-state index contributed by atoms with van der Waals surface area (Å²) in [5.74, 6) is -0.144. The quantitative estimate of drug-likeness (QED) is 0.862. The third-order valence-corrected chi connectivity index (χ3v) is 5.43. The summed E-state index contributed by atoms with van der Waals surface area (Å²) < 4.78 is 14.5. The smallest absolute Gasteiger partial charge is 0.227 e. The van der Waals surface area contributed by atoms with Crippen molar-refractivity contribution in [2.75, 3.05) is 0 Å². The fourth-order valence-electron chi connectivity index (χ4n) is 3.41. The average Bonchev–Trinajstić information content (AvgIpc) is 2.48. The van der Waals surface area contributed by atoms with Crippen molar-refractivity contribution in [3.8, 4) is 5.75 Å². The van der Waals surface area contributed by atoms with Gasteiger partial charge in [-0.3, -0.25) is 4.79 Å². The van der Waals surface area contributed by atoms with Gasteiger partial charge in [0.25, 0.3) is 0 Å². The van der Waals surface area contributed by atoms with Gasteiger partial charge in [-0.05, 0) is 67.9 Å². The first-order chi connectivity index (χ1) is 11.3. The zero-order valence-corrected chi connectivity index (χ0v) is 14.2. The van der Waals surface area contributed by atoms with Gasteiger partial charge in [-0.1, -0.05) is 18.6 Å². The lowest BCUT2D eigenvalue weighted by molar-refractivity contribution is -0.122. The molecule has 1 saturated carbocycles. The van der Waals surface area contributed by atoms with Gasteiger partial charge in [0, 0.05) is 12.0 Å². The van der Waals surface area contributed by atoms with Crippen LogP contribution in [0.25, 0.3) is 5.57 Å². The average molecular weight is 329 g/mol. The molecule has 0 radical (unpaired) electrons. The number of amides is 1. The summed E-state index contributed by atoms with van der Waals surface area (Å²) in [6, 6.07) is 5.06. The van der Waals surface area contributed by atoms with Gasteiger partial charge in [0.2, 0.25) is 5.91 Å². The molecule has 0 spiro atoms. The lowest BCUT2D eigenvalue weighted by atomic mass is 9.72. The van der Waals surface area contributed by atoms with E-state index in [1.54, 1.807) is 32.0 Å². The Morgan fingerprint density at radius 1 is 1.33 bits per heavy atom. The third-order valence-electron chi connectivity index (χ3n) is 5.43. The van der Waals surface area contributed by atoms with E-state index in [2.05, 4.69) is 0 Å². The van der Waals surface area contributed by atoms with Gasteiger partial charge in [-0.25, -0.2) is 4.39 Å². The molecule has 0 heterocycles. The summed E-state index contributed by atoms with van der Waals surface area (Å²) in [5.41, 5.74) is 7.51. The Kier molecular flexibility index (Phi) is 4.24. The lowest BCUT2D eigenvalue weighted by Gasteiger charge is -2.32. The summed E-state index contributed by atoms with van der Waals surface area (Å²) >= 11 is 0. The van der Waals surface area contributed by atoms with Crippen LogP contribution < -0.4 is 5.73 Å². The van der Waals surface area contributed by atoms with E-state index in [-0.39, 0.29) is 17.5 Å². The van der Waals surface area contributed by atoms with Crippen LogP contribution in [-0.2, 0) is 10.2 Å². The molecule has 1 aromatic carbocycles. The lowest BCUT2D eigenvalue weighted by Crippen LogP contribution is -2.35. The predicted octanol–water partition coefficient (Wildman–Crippen LogP) is 4.36. The second kappa shape index (κ2) is 6.08. The molecule has 3 N–H and O–H groups in total. The molecule has 0 aliphatic heterocycles. The summed E-state index contributed by atoms with van der Waals surface area (Å²) in [6.07, 6.45) is 6.17. The summed E-state index contributed by atoms with van der Waals surface area (Å²) in [4.78, 5) is 11.7. The molecular formula is C20H24FNO2. The van der Waals surface area contributed by atoms with Crippen molar-refractivity contribution >= 4 is 11.5 Å². The van der Waals surface area contributed by atoms with E-state index in [4.69, 9.17) is 5.73 Å². The van der Waals surface area contributed by atoms with Crippen LogP contribution in [0.3, 0.4) is 0 Å². The number of rotatable bonds is 4. The molecule has 0 saturated heterocycles. The Bertz CT molecular complexity index is 742. The molecule has 2 aliphatic carbocycles. The largest absolute Gasteiger partial charge is 0.507 e. The molecule has 24 heavy (non-hydrogen) atoms. The maximum atomic E-state index is 14.5. The van der Waals surface area contributed by atoms with E-state index in [1.165, 1.54) is 0 Å². The number of phenolic OH excluding ortho intramolecular Hbond substituents is 1. The Morgan fingerprint density at radius 3 is 2.62 bits per heavy atom. The summed E-state index contributed by atoms with van der Waals surface area (Å²) in [7, 11) is 0. The van der Waals surface area contributed by atoms with Crippen LogP contribution in [0, 0.1) is 5.92 Å². The zero-order valence-electron chi connectivity index (χ0n) is 14.2. The minimum absolute atomic E-state index is 0.0591. The number of nitrogens with two attached hydrogens (primary N) is 1. The van der Waals surface area contributed by atoms with Crippen LogP contribution in [0.15, 0.2) is 35.7 Å². The Balaban J connectivity index is 2.08. The molecule has 1 amide bonds. The number of carbonyl (C=O) groups excluding carboxylic acids is 1. The topological polar surface area (TPSA) is 63.3 Å². The molecule has 0 aromatic heterocycles. The fraction of sp³-hybridized carbons (Fsp3) is 0.450.